The number of piperazine rings is 1. The van der Waals surface area contributed by atoms with E-state index < -0.39 is 0 Å². The molecule has 0 radical (unpaired) electrons. The third-order valence-electron chi connectivity index (χ3n) is 4.76. The molecule has 0 bridgehead atoms. The number of carbonyl (C=O) groups is 3. The average Bonchev–Trinajstić information content (AvgIpc) is 2.68. The van der Waals surface area contributed by atoms with E-state index in [4.69, 9.17) is 4.74 Å². The second-order valence-electron chi connectivity index (χ2n) is 6.63. The van der Waals surface area contributed by atoms with Crippen LogP contribution in [0, 0.1) is 0 Å². The molecular formula is C19H25N3O4. The van der Waals surface area contributed by atoms with Gasteiger partial charge in [0.2, 0.25) is 17.7 Å². The maximum absolute atomic E-state index is 12.5. The lowest BCUT2D eigenvalue weighted by molar-refractivity contribution is -0.140. The van der Waals surface area contributed by atoms with E-state index in [0.717, 1.165) is 5.56 Å². The first-order chi connectivity index (χ1) is 12.6. The van der Waals surface area contributed by atoms with Gasteiger partial charge in [-0.1, -0.05) is 30.3 Å². The molecule has 0 saturated carbocycles. The normalized spacial score (nSPS) is 20.6. The van der Waals surface area contributed by atoms with Crippen LogP contribution >= 0.6 is 0 Å². The van der Waals surface area contributed by atoms with Crippen LogP contribution in [0.4, 0.5) is 0 Å². The van der Waals surface area contributed by atoms with Gasteiger partial charge in [-0.05, 0) is 12.0 Å². The largest absolute Gasteiger partial charge is 0.370 e. The van der Waals surface area contributed by atoms with Crippen molar-refractivity contribution in [1.29, 1.82) is 0 Å². The van der Waals surface area contributed by atoms with Crippen molar-refractivity contribution in [3.05, 3.63) is 35.9 Å². The molecule has 140 valence electrons. The molecule has 0 aromatic heterocycles. The van der Waals surface area contributed by atoms with Gasteiger partial charge in [-0.15, -0.1) is 0 Å². The highest BCUT2D eigenvalue weighted by molar-refractivity contribution is 5.86. The first-order valence-corrected chi connectivity index (χ1v) is 9.12. The number of nitrogens with zero attached hydrogens (tertiary/aromatic N) is 2. The Morgan fingerprint density at radius 2 is 1.81 bits per heavy atom. The number of morpholine rings is 1. The molecule has 2 heterocycles. The molecule has 7 heteroatoms. The molecule has 2 aliphatic rings. The van der Waals surface area contributed by atoms with E-state index in [1.807, 2.05) is 35.2 Å². The molecule has 1 N–H and O–H groups in total. The smallest absolute Gasteiger partial charge is 0.239 e. The molecule has 3 amide bonds. The summed E-state index contributed by atoms with van der Waals surface area (Å²) in [6.45, 7) is 2.81. The van der Waals surface area contributed by atoms with Crippen molar-refractivity contribution in [2.45, 2.75) is 25.4 Å². The predicted octanol–water partition coefficient (Wildman–Crippen LogP) is 0.715. The molecule has 2 aliphatic heterocycles. The summed E-state index contributed by atoms with van der Waals surface area (Å²) in [6.07, 6.45) is 1.05. The Kier molecular flexibility index (Phi) is 6.22. The summed E-state index contributed by atoms with van der Waals surface area (Å²) in [5.74, 6) is -0.129. The highest BCUT2D eigenvalue weighted by atomic mass is 16.5. The molecule has 1 aromatic carbocycles. The maximum atomic E-state index is 12.5. The van der Waals surface area contributed by atoms with Crippen molar-refractivity contribution >= 4 is 17.7 Å². The van der Waals surface area contributed by atoms with Gasteiger partial charge in [-0.25, -0.2) is 0 Å². The summed E-state index contributed by atoms with van der Waals surface area (Å²) in [4.78, 5) is 39.3. The number of hydrogen-bond donors (Lipinski definition) is 1. The van der Waals surface area contributed by atoms with Gasteiger partial charge in [0, 0.05) is 32.5 Å². The highest BCUT2D eigenvalue weighted by Gasteiger charge is 2.26. The van der Waals surface area contributed by atoms with Gasteiger partial charge < -0.3 is 19.9 Å². The standard InChI is InChI=1S/C19H25N3O4/c23-17-14-21(10-9-20-17)18(24)7-4-8-19(25)22-11-12-26-16(13-22)15-5-2-1-3-6-15/h1-3,5-6,16H,4,7-14H2,(H,20,23). The van der Waals surface area contributed by atoms with Crippen LogP contribution in [-0.2, 0) is 19.1 Å². The molecule has 2 fully saturated rings. The van der Waals surface area contributed by atoms with Crippen LogP contribution in [0.1, 0.15) is 30.9 Å². The molecule has 1 unspecified atom stereocenters. The van der Waals surface area contributed by atoms with Crippen molar-refractivity contribution in [2.24, 2.45) is 0 Å². The Hall–Kier alpha value is -2.41. The number of ether oxygens (including phenoxy) is 1. The monoisotopic (exact) mass is 359 g/mol. The van der Waals surface area contributed by atoms with Gasteiger partial charge in [-0.2, -0.15) is 0 Å². The molecule has 2 saturated heterocycles. The van der Waals surface area contributed by atoms with Crippen LogP contribution in [0.2, 0.25) is 0 Å². The Balaban J connectivity index is 1.43. The topological polar surface area (TPSA) is 79.0 Å². The van der Waals surface area contributed by atoms with Gasteiger partial charge >= 0.3 is 0 Å². The van der Waals surface area contributed by atoms with Gasteiger partial charge in [-0.3, -0.25) is 14.4 Å². The molecule has 3 rings (SSSR count). The van der Waals surface area contributed by atoms with Gasteiger partial charge in [0.25, 0.3) is 0 Å². The summed E-state index contributed by atoms with van der Waals surface area (Å²) in [5, 5.41) is 2.70. The van der Waals surface area contributed by atoms with Crippen molar-refractivity contribution in [2.75, 3.05) is 39.3 Å². The predicted molar refractivity (Wildman–Crippen MR) is 95.2 cm³/mol. The van der Waals surface area contributed by atoms with Crippen molar-refractivity contribution < 1.29 is 19.1 Å². The van der Waals surface area contributed by atoms with E-state index in [2.05, 4.69) is 5.32 Å². The minimum atomic E-state index is -0.124. The molecule has 1 atom stereocenters. The van der Waals surface area contributed by atoms with Gasteiger partial charge in [0.15, 0.2) is 0 Å². The third kappa shape index (κ3) is 4.82. The van der Waals surface area contributed by atoms with Crippen LogP contribution in [0.5, 0.6) is 0 Å². The average molecular weight is 359 g/mol. The van der Waals surface area contributed by atoms with E-state index in [-0.39, 0.29) is 30.4 Å². The number of nitrogens with one attached hydrogen (secondary N) is 1. The third-order valence-corrected chi connectivity index (χ3v) is 4.76. The fraction of sp³-hybridized carbons (Fsp3) is 0.526. The van der Waals surface area contributed by atoms with Crippen LogP contribution in [0.25, 0.3) is 0 Å². The molecule has 0 aliphatic carbocycles. The van der Waals surface area contributed by atoms with E-state index in [1.165, 1.54) is 0 Å². The lowest BCUT2D eigenvalue weighted by Crippen LogP contribution is -2.50. The number of hydrogen-bond acceptors (Lipinski definition) is 4. The highest BCUT2D eigenvalue weighted by Crippen LogP contribution is 2.22. The van der Waals surface area contributed by atoms with E-state index in [1.54, 1.807) is 4.90 Å². The Morgan fingerprint density at radius 3 is 2.54 bits per heavy atom. The molecule has 7 nitrogen and oxygen atoms in total. The van der Waals surface area contributed by atoms with Crippen LogP contribution < -0.4 is 5.32 Å². The quantitative estimate of drug-likeness (QED) is 0.840. The zero-order valence-corrected chi connectivity index (χ0v) is 14.9. The Labute approximate surface area is 153 Å². The van der Waals surface area contributed by atoms with Crippen LogP contribution in [0.15, 0.2) is 30.3 Å². The van der Waals surface area contributed by atoms with E-state index in [9.17, 15) is 14.4 Å². The summed E-state index contributed by atoms with van der Waals surface area (Å²) >= 11 is 0. The van der Waals surface area contributed by atoms with Gasteiger partial charge in [0.05, 0.1) is 19.7 Å². The van der Waals surface area contributed by atoms with Crippen LogP contribution in [-0.4, -0.2) is 66.9 Å². The summed E-state index contributed by atoms with van der Waals surface area (Å²) in [7, 11) is 0. The lowest BCUT2D eigenvalue weighted by Gasteiger charge is -2.33. The molecule has 0 spiro atoms. The summed E-state index contributed by atoms with van der Waals surface area (Å²) in [6, 6.07) is 9.90. The SMILES string of the molecule is O=C1CN(C(=O)CCCC(=O)N2CCOC(c3ccccc3)C2)CCN1. The zero-order chi connectivity index (χ0) is 18.4. The number of amides is 3. The Bertz CT molecular complexity index is 649. The van der Waals surface area contributed by atoms with Crippen LogP contribution in [0.3, 0.4) is 0 Å². The fourth-order valence-corrected chi connectivity index (χ4v) is 3.30. The molecule has 1 aromatic rings. The lowest BCUT2D eigenvalue weighted by atomic mass is 10.1. The number of carbonyl (C=O) groups excluding carboxylic acids is 3. The minimum Gasteiger partial charge on any atom is -0.370 e. The summed E-state index contributed by atoms with van der Waals surface area (Å²) < 4.78 is 5.78. The number of benzene rings is 1. The van der Waals surface area contributed by atoms with Crippen molar-refractivity contribution in [3.8, 4) is 0 Å². The fourth-order valence-electron chi connectivity index (χ4n) is 3.30. The first-order valence-electron chi connectivity index (χ1n) is 9.12. The van der Waals surface area contributed by atoms with E-state index in [0.29, 0.717) is 52.0 Å². The first kappa shape index (κ1) is 18.4. The Morgan fingerprint density at radius 1 is 1.08 bits per heavy atom. The summed E-state index contributed by atoms with van der Waals surface area (Å²) in [5.41, 5.74) is 1.07. The number of rotatable bonds is 5. The van der Waals surface area contributed by atoms with Gasteiger partial charge in [0.1, 0.15) is 6.10 Å². The van der Waals surface area contributed by atoms with E-state index >= 15 is 0 Å². The second-order valence-corrected chi connectivity index (χ2v) is 6.63. The van der Waals surface area contributed by atoms with Crippen molar-refractivity contribution in [3.63, 3.8) is 0 Å². The molecule has 26 heavy (non-hydrogen) atoms. The maximum Gasteiger partial charge on any atom is 0.239 e. The zero-order valence-electron chi connectivity index (χ0n) is 14.9. The van der Waals surface area contributed by atoms with Crippen molar-refractivity contribution in [1.82, 2.24) is 15.1 Å². The molecular weight excluding hydrogens is 334 g/mol. The minimum absolute atomic E-state index is 0.0541. The second kappa shape index (κ2) is 8.80.